The van der Waals surface area contributed by atoms with Gasteiger partial charge in [-0.05, 0) is 24.6 Å². The summed E-state index contributed by atoms with van der Waals surface area (Å²) in [5, 5.41) is 0. The zero-order chi connectivity index (χ0) is 12.5. The number of hydrogen-bond donors (Lipinski definition) is 1. The number of hydrogen-bond acceptors (Lipinski definition) is 2. The fourth-order valence-corrected chi connectivity index (χ4v) is 2.10. The first-order valence-corrected chi connectivity index (χ1v) is 5.80. The van der Waals surface area contributed by atoms with Crippen molar-refractivity contribution in [2.24, 2.45) is 0 Å². The molecule has 0 saturated carbocycles. The molecule has 0 atom stereocenters. The first kappa shape index (κ1) is 10.7. The summed E-state index contributed by atoms with van der Waals surface area (Å²) in [6.45, 7) is 1.83. The minimum absolute atomic E-state index is 0.0109. The van der Waals surface area contributed by atoms with Crippen molar-refractivity contribution in [1.82, 2.24) is 9.97 Å². The van der Waals surface area contributed by atoms with E-state index < -0.39 is 0 Å². The fourth-order valence-electron chi connectivity index (χ4n) is 2.10. The van der Waals surface area contributed by atoms with Gasteiger partial charge in [-0.2, -0.15) is 0 Å². The number of rotatable bonds is 1. The number of nitrogens with zero attached hydrogens (tertiary/aromatic N) is 1. The van der Waals surface area contributed by atoms with E-state index in [9.17, 15) is 4.79 Å². The van der Waals surface area contributed by atoms with Gasteiger partial charge in [-0.15, -0.1) is 0 Å². The molecule has 0 radical (unpaired) electrons. The van der Waals surface area contributed by atoms with E-state index in [-0.39, 0.29) is 5.43 Å². The lowest BCUT2D eigenvalue weighted by Crippen LogP contribution is -2.10. The van der Waals surface area contributed by atoms with Gasteiger partial charge in [0.15, 0.2) is 0 Å². The molecule has 0 bridgehead atoms. The molecule has 3 rings (SSSR count). The molecule has 2 heterocycles. The maximum atomic E-state index is 12.2. The van der Waals surface area contributed by atoms with Gasteiger partial charge < -0.3 is 4.98 Å². The molecule has 0 aliphatic heterocycles. The zero-order valence-corrected chi connectivity index (χ0v) is 9.97. The smallest absolute Gasteiger partial charge is 0.211 e. The third kappa shape index (κ3) is 1.61. The van der Waals surface area contributed by atoms with Gasteiger partial charge in [-0.1, -0.05) is 30.3 Å². The van der Waals surface area contributed by atoms with Crippen LogP contribution in [0, 0.1) is 6.92 Å². The molecule has 2 aromatic heterocycles. The van der Waals surface area contributed by atoms with Gasteiger partial charge in [0.25, 0.3) is 0 Å². The number of aromatic amines is 1. The molecule has 0 aliphatic carbocycles. The highest BCUT2D eigenvalue weighted by molar-refractivity contribution is 5.79. The lowest BCUT2D eigenvalue weighted by Gasteiger charge is -2.07. The predicted molar refractivity (Wildman–Crippen MR) is 72.5 cm³/mol. The molecule has 0 saturated heterocycles. The summed E-state index contributed by atoms with van der Waals surface area (Å²) in [5.74, 6) is 0. The summed E-state index contributed by atoms with van der Waals surface area (Å²) in [6, 6.07) is 13.5. The van der Waals surface area contributed by atoms with Gasteiger partial charge in [-0.25, -0.2) is 0 Å². The van der Waals surface area contributed by atoms with Crippen molar-refractivity contribution < 1.29 is 0 Å². The van der Waals surface area contributed by atoms with E-state index in [1.807, 2.05) is 49.4 Å². The molecule has 0 unspecified atom stereocenters. The van der Waals surface area contributed by atoms with Crippen LogP contribution in [0.3, 0.4) is 0 Å². The topological polar surface area (TPSA) is 45.8 Å². The van der Waals surface area contributed by atoms with Crippen molar-refractivity contribution in [1.29, 1.82) is 0 Å². The van der Waals surface area contributed by atoms with Crippen LogP contribution < -0.4 is 5.43 Å². The lowest BCUT2D eigenvalue weighted by molar-refractivity contribution is 1.26. The largest absolute Gasteiger partial charge is 0.353 e. The summed E-state index contributed by atoms with van der Waals surface area (Å²) in [5.41, 5.74) is 3.83. The van der Waals surface area contributed by atoms with E-state index in [2.05, 4.69) is 9.97 Å². The van der Waals surface area contributed by atoms with Crippen LogP contribution in [0.1, 0.15) is 5.56 Å². The normalized spacial score (nSPS) is 10.7. The second-order valence-corrected chi connectivity index (χ2v) is 4.22. The Bertz CT molecular complexity index is 760. The second-order valence-electron chi connectivity index (χ2n) is 4.22. The SMILES string of the molecule is Cc1c(-c2ccccc2)[nH]c2cccnc2c1=O. The fraction of sp³-hybridized carbons (Fsp3) is 0.0667. The van der Waals surface area contributed by atoms with Crippen LogP contribution in [0.15, 0.2) is 53.5 Å². The Labute approximate surface area is 104 Å². The Balaban J connectivity index is 2.38. The Morgan fingerprint density at radius 1 is 1.06 bits per heavy atom. The molecule has 0 fully saturated rings. The standard InChI is InChI=1S/C15H12N2O/c1-10-13(11-6-3-2-4-7-11)17-12-8-5-9-16-14(12)15(10)18/h2-9H,1H3,(H,17,18). The highest BCUT2D eigenvalue weighted by Crippen LogP contribution is 2.20. The van der Waals surface area contributed by atoms with Crippen molar-refractivity contribution in [3.8, 4) is 11.3 Å². The monoisotopic (exact) mass is 236 g/mol. The second kappa shape index (κ2) is 4.11. The number of aromatic nitrogens is 2. The van der Waals surface area contributed by atoms with Crippen LogP contribution in [0.25, 0.3) is 22.3 Å². The first-order valence-electron chi connectivity index (χ1n) is 5.80. The molecule has 0 aliphatic rings. The molecular formula is C15H12N2O. The van der Waals surface area contributed by atoms with E-state index in [0.717, 1.165) is 16.8 Å². The van der Waals surface area contributed by atoms with Crippen molar-refractivity contribution >= 4 is 11.0 Å². The summed E-state index contributed by atoms with van der Waals surface area (Å²) >= 11 is 0. The van der Waals surface area contributed by atoms with Gasteiger partial charge in [0, 0.05) is 11.8 Å². The number of H-pyrrole nitrogens is 1. The van der Waals surface area contributed by atoms with E-state index in [0.29, 0.717) is 11.1 Å². The van der Waals surface area contributed by atoms with E-state index >= 15 is 0 Å². The molecule has 88 valence electrons. The lowest BCUT2D eigenvalue weighted by atomic mass is 10.1. The quantitative estimate of drug-likeness (QED) is 0.706. The highest BCUT2D eigenvalue weighted by Gasteiger charge is 2.09. The van der Waals surface area contributed by atoms with Gasteiger partial charge in [0.1, 0.15) is 5.52 Å². The van der Waals surface area contributed by atoms with Crippen LogP contribution in [0.4, 0.5) is 0 Å². The maximum Gasteiger partial charge on any atom is 0.211 e. The Hall–Kier alpha value is -2.42. The number of fused-ring (bicyclic) bond motifs is 1. The minimum atomic E-state index is -0.0109. The van der Waals surface area contributed by atoms with Gasteiger partial charge in [0.05, 0.1) is 11.2 Å². The van der Waals surface area contributed by atoms with Gasteiger partial charge in [-0.3, -0.25) is 9.78 Å². The Morgan fingerprint density at radius 3 is 2.61 bits per heavy atom. The highest BCUT2D eigenvalue weighted by atomic mass is 16.1. The number of nitrogens with one attached hydrogen (secondary N) is 1. The van der Waals surface area contributed by atoms with Crippen molar-refractivity contribution in [2.45, 2.75) is 6.92 Å². The summed E-state index contributed by atoms with van der Waals surface area (Å²) < 4.78 is 0. The predicted octanol–water partition coefficient (Wildman–Crippen LogP) is 2.90. The molecule has 0 spiro atoms. The van der Waals surface area contributed by atoms with Crippen LogP contribution in [-0.2, 0) is 0 Å². The third-order valence-corrected chi connectivity index (χ3v) is 3.06. The Morgan fingerprint density at radius 2 is 1.83 bits per heavy atom. The number of benzene rings is 1. The maximum absolute atomic E-state index is 12.2. The number of pyridine rings is 2. The minimum Gasteiger partial charge on any atom is -0.353 e. The van der Waals surface area contributed by atoms with Crippen molar-refractivity contribution in [2.75, 3.05) is 0 Å². The molecule has 3 nitrogen and oxygen atoms in total. The van der Waals surface area contributed by atoms with Crippen LogP contribution in [0.5, 0.6) is 0 Å². The summed E-state index contributed by atoms with van der Waals surface area (Å²) in [7, 11) is 0. The first-order chi connectivity index (χ1) is 8.77. The molecule has 0 amide bonds. The summed E-state index contributed by atoms with van der Waals surface area (Å²) in [6.07, 6.45) is 1.64. The van der Waals surface area contributed by atoms with Crippen LogP contribution in [0.2, 0.25) is 0 Å². The van der Waals surface area contributed by atoms with Crippen molar-refractivity contribution in [3.63, 3.8) is 0 Å². The molecule has 3 heteroatoms. The van der Waals surface area contributed by atoms with E-state index in [4.69, 9.17) is 0 Å². The zero-order valence-electron chi connectivity index (χ0n) is 9.97. The molecule has 1 aromatic carbocycles. The average molecular weight is 236 g/mol. The van der Waals surface area contributed by atoms with Gasteiger partial charge >= 0.3 is 0 Å². The van der Waals surface area contributed by atoms with E-state index in [1.54, 1.807) is 6.20 Å². The third-order valence-electron chi connectivity index (χ3n) is 3.06. The molecule has 18 heavy (non-hydrogen) atoms. The molecular weight excluding hydrogens is 224 g/mol. The molecule has 3 aromatic rings. The summed E-state index contributed by atoms with van der Waals surface area (Å²) in [4.78, 5) is 19.7. The van der Waals surface area contributed by atoms with Crippen LogP contribution >= 0.6 is 0 Å². The molecule has 1 N–H and O–H groups in total. The van der Waals surface area contributed by atoms with E-state index in [1.165, 1.54) is 0 Å². The average Bonchev–Trinajstić information content (AvgIpc) is 2.44. The van der Waals surface area contributed by atoms with Gasteiger partial charge in [0.2, 0.25) is 5.43 Å². The van der Waals surface area contributed by atoms with Crippen molar-refractivity contribution in [3.05, 3.63) is 64.4 Å². The Kier molecular flexibility index (Phi) is 2.45. The van der Waals surface area contributed by atoms with Crippen LogP contribution in [-0.4, -0.2) is 9.97 Å².